The summed E-state index contributed by atoms with van der Waals surface area (Å²) in [4.78, 5) is 4.22. The van der Waals surface area contributed by atoms with Gasteiger partial charge in [-0.25, -0.2) is 0 Å². The fourth-order valence-electron chi connectivity index (χ4n) is 2.56. The lowest BCUT2D eigenvalue weighted by Crippen LogP contribution is -2.13. The lowest BCUT2D eigenvalue weighted by molar-refractivity contribution is 0.869. The van der Waals surface area contributed by atoms with Crippen molar-refractivity contribution < 1.29 is 0 Å². The van der Waals surface area contributed by atoms with Gasteiger partial charge >= 0.3 is 0 Å². The molecule has 20 heavy (non-hydrogen) atoms. The van der Waals surface area contributed by atoms with Gasteiger partial charge in [0.2, 0.25) is 0 Å². The summed E-state index contributed by atoms with van der Waals surface area (Å²) in [5.74, 6) is 0. The van der Waals surface area contributed by atoms with Gasteiger partial charge in [-0.15, -0.1) is 0 Å². The fourth-order valence-corrected chi connectivity index (χ4v) is 3.04. The summed E-state index contributed by atoms with van der Waals surface area (Å²) in [6.45, 7) is 2.09. The Morgan fingerprint density at radius 1 is 1.10 bits per heavy atom. The van der Waals surface area contributed by atoms with Gasteiger partial charge in [-0.3, -0.25) is 4.98 Å². The number of halogens is 1. The lowest BCUT2D eigenvalue weighted by atomic mass is 9.93. The maximum absolute atomic E-state index is 6.49. The van der Waals surface area contributed by atoms with E-state index in [1.165, 1.54) is 10.9 Å². The number of nitrogens with zero attached hydrogens (tertiary/aromatic N) is 1. The second kappa shape index (κ2) is 5.35. The molecule has 0 radical (unpaired) electrons. The van der Waals surface area contributed by atoms with E-state index in [-0.39, 0.29) is 6.04 Å². The molecule has 0 aliphatic carbocycles. The summed E-state index contributed by atoms with van der Waals surface area (Å²) in [5.41, 5.74) is 9.93. The molecule has 0 spiro atoms. The first-order valence-corrected chi connectivity index (χ1v) is 7.30. The smallest absolute Gasteiger partial charge is 0.0560 e. The molecule has 2 aromatic carbocycles. The second-order valence-corrected chi connectivity index (χ2v) is 5.84. The van der Waals surface area contributed by atoms with Crippen LogP contribution in [0, 0.1) is 6.92 Å². The maximum Gasteiger partial charge on any atom is 0.0560 e. The van der Waals surface area contributed by atoms with E-state index in [1.807, 2.05) is 30.6 Å². The number of aromatic nitrogens is 1. The van der Waals surface area contributed by atoms with E-state index in [0.29, 0.717) is 0 Å². The predicted octanol–water partition coefficient (Wildman–Crippen LogP) is 4.35. The topological polar surface area (TPSA) is 38.9 Å². The summed E-state index contributed by atoms with van der Waals surface area (Å²) >= 11 is 3.49. The van der Waals surface area contributed by atoms with Crippen molar-refractivity contribution in [2.75, 3.05) is 0 Å². The molecule has 3 rings (SSSR count). The highest BCUT2D eigenvalue weighted by atomic mass is 79.9. The SMILES string of the molecule is Cc1cc(Br)ccc1C(N)c1cccc2ccncc12. The highest BCUT2D eigenvalue weighted by Gasteiger charge is 2.14. The Kier molecular flexibility index (Phi) is 3.55. The average molecular weight is 327 g/mol. The molecule has 100 valence electrons. The Morgan fingerprint density at radius 3 is 2.75 bits per heavy atom. The van der Waals surface area contributed by atoms with E-state index < -0.39 is 0 Å². The molecular weight excluding hydrogens is 312 g/mol. The number of nitrogens with two attached hydrogens (primary N) is 1. The Morgan fingerprint density at radius 2 is 1.95 bits per heavy atom. The summed E-state index contributed by atoms with van der Waals surface area (Å²) in [6.07, 6.45) is 3.70. The van der Waals surface area contributed by atoms with Crippen molar-refractivity contribution in [1.82, 2.24) is 4.98 Å². The third-order valence-electron chi connectivity index (χ3n) is 3.62. The van der Waals surface area contributed by atoms with Gasteiger partial charge < -0.3 is 5.73 Å². The molecule has 0 amide bonds. The largest absolute Gasteiger partial charge is 0.320 e. The number of hydrogen-bond donors (Lipinski definition) is 1. The summed E-state index contributed by atoms with van der Waals surface area (Å²) in [6, 6.07) is 14.3. The highest BCUT2D eigenvalue weighted by Crippen LogP contribution is 2.29. The molecule has 2 N–H and O–H groups in total. The first-order valence-electron chi connectivity index (χ1n) is 6.51. The average Bonchev–Trinajstić information content (AvgIpc) is 2.46. The zero-order valence-electron chi connectivity index (χ0n) is 11.2. The van der Waals surface area contributed by atoms with Crippen molar-refractivity contribution in [1.29, 1.82) is 0 Å². The van der Waals surface area contributed by atoms with Gasteiger partial charge in [-0.1, -0.05) is 40.2 Å². The van der Waals surface area contributed by atoms with Crippen molar-refractivity contribution in [3.05, 3.63) is 76.0 Å². The molecule has 0 fully saturated rings. The first kappa shape index (κ1) is 13.3. The van der Waals surface area contributed by atoms with Gasteiger partial charge in [0.25, 0.3) is 0 Å². The molecule has 1 heterocycles. The van der Waals surface area contributed by atoms with Gasteiger partial charge in [0, 0.05) is 22.3 Å². The van der Waals surface area contributed by atoms with E-state index in [1.54, 1.807) is 0 Å². The van der Waals surface area contributed by atoms with Crippen LogP contribution in [0.25, 0.3) is 10.8 Å². The van der Waals surface area contributed by atoms with E-state index in [9.17, 15) is 0 Å². The lowest BCUT2D eigenvalue weighted by Gasteiger charge is -2.17. The number of pyridine rings is 1. The minimum Gasteiger partial charge on any atom is -0.320 e. The van der Waals surface area contributed by atoms with Crippen molar-refractivity contribution in [3.63, 3.8) is 0 Å². The van der Waals surface area contributed by atoms with Gasteiger partial charge in [-0.2, -0.15) is 0 Å². The third kappa shape index (κ3) is 2.35. The summed E-state index contributed by atoms with van der Waals surface area (Å²) in [5, 5.41) is 2.28. The minimum atomic E-state index is -0.143. The Balaban J connectivity index is 2.15. The van der Waals surface area contributed by atoms with Crippen LogP contribution < -0.4 is 5.73 Å². The van der Waals surface area contributed by atoms with E-state index in [4.69, 9.17) is 5.73 Å². The summed E-state index contributed by atoms with van der Waals surface area (Å²) in [7, 11) is 0. The van der Waals surface area contributed by atoms with Gasteiger partial charge in [-0.05, 0) is 47.2 Å². The van der Waals surface area contributed by atoms with Crippen molar-refractivity contribution in [2.24, 2.45) is 5.73 Å². The number of hydrogen-bond acceptors (Lipinski definition) is 2. The predicted molar refractivity (Wildman–Crippen MR) is 86.7 cm³/mol. The van der Waals surface area contributed by atoms with Gasteiger partial charge in [0.05, 0.1) is 6.04 Å². The molecule has 0 aliphatic rings. The molecule has 0 saturated heterocycles. The van der Waals surface area contributed by atoms with Gasteiger partial charge in [0.15, 0.2) is 0 Å². The van der Waals surface area contributed by atoms with Crippen molar-refractivity contribution in [2.45, 2.75) is 13.0 Å². The normalized spacial score (nSPS) is 12.6. The first-order chi connectivity index (χ1) is 9.66. The van der Waals surface area contributed by atoms with Crippen LogP contribution in [0.15, 0.2) is 59.3 Å². The van der Waals surface area contributed by atoms with Crippen LogP contribution in [0.5, 0.6) is 0 Å². The Labute approximate surface area is 126 Å². The molecule has 2 nitrogen and oxygen atoms in total. The molecule has 1 atom stereocenters. The van der Waals surface area contributed by atoms with Crippen LogP contribution >= 0.6 is 15.9 Å². The zero-order chi connectivity index (χ0) is 14.1. The van der Waals surface area contributed by atoms with E-state index in [0.717, 1.165) is 21.0 Å². The van der Waals surface area contributed by atoms with E-state index in [2.05, 4.69) is 52.1 Å². The van der Waals surface area contributed by atoms with Gasteiger partial charge in [0.1, 0.15) is 0 Å². The molecule has 0 saturated carbocycles. The molecule has 0 bridgehead atoms. The van der Waals surface area contributed by atoms with Crippen LogP contribution in [0.1, 0.15) is 22.7 Å². The molecule has 1 aromatic heterocycles. The van der Waals surface area contributed by atoms with Crippen LogP contribution in [0.3, 0.4) is 0 Å². The molecule has 3 aromatic rings. The number of aryl methyl sites for hydroxylation is 1. The summed E-state index contributed by atoms with van der Waals surface area (Å²) < 4.78 is 1.07. The highest BCUT2D eigenvalue weighted by molar-refractivity contribution is 9.10. The van der Waals surface area contributed by atoms with Crippen molar-refractivity contribution >= 4 is 26.7 Å². The minimum absolute atomic E-state index is 0.143. The second-order valence-electron chi connectivity index (χ2n) is 4.92. The standard InChI is InChI=1S/C17H15BrN2/c1-11-9-13(18)5-6-14(11)17(19)15-4-2-3-12-7-8-20-10-16(12)15/h2-10,17H,19H2,1H3. The Hall–Kier alpha value is -1.71. The number of rotatable bonds is 2. The van der Waals surface area contributed by atoms with E-state index >= 15 is 0 Å². The van der Waals surface area contributed by atoms with Crippen LogP contribution in [0.2, 0.25) is 0 Å². The third-order valence-corrected chi connectivity index (χ3v) is 4.11. The van der Waals surface area contributed by atoms with Crippen LogP contribution in [-0.2, 0) is 0 Å². The van der Waals surface area contributed by atoms with Crippen LogP contribution in [0.4, 0.5) is 0 Å². The van der Waals surface area contributed by atoms with Crippen molar-refractivity contribution in [3.8, 4) is 0 Å². The quantitative estimate of drug-likeness (QED) is 0.760. The number of benzene rings is 2. The molecular formula is C17H15BrN2. The fraction of sp³-hybridized carbons (Fsp3) is 0.118. The van der Waals surface area contributed by atoms with Crippen LogP contribution in [-0.4, -0.2) is 4.98 Å². The molecule has 0 aliphatic heterocycles. The monoisotopic (exact) mass is 326 g/mol. The molecule has 3 heteroatoms. The maximum atomic E-state index is 6.49. The molecule has 1 unspecified atom stereocenters. The zero-order valence-corrected chi connectivity index (χ0v) is 12.8. The Bertz CT molecular complexity index is 763. The number of fused-ring (bicyclic) bond motifs is 1.